The number of benzene rings is 2. The van der Waals surface area contributed by atoms with Gasteiger partial charge in [0.25, 0.3) is 5.91 Å². The number of hydrogen-bond acceptors (Lipinski definition) is 8. The second-order valence-corrected chi connectivity index (χ2v) is 9.50. The molecule has 0 spiro atoms. The van der Waals surface area contributed by atoms with Crippen LogP contribution in [-0.4, -0.2) is 75.7 Å². The summed E-state index contributed by atoms with van der Waals surface area (Å²) >= 11 is 3.08. The molecule has 34 heavy (non-hydrogen) atoms. The molecule has 4 rings (SSSR count). The fourth-order valence-electron chi connectivity index (χ4n) is 3.86. The molecule has 0 aliphatic carbocycles. The van der Waals surface area contributed by atoms with Crippen molar-refractivity contribution in [1.29, 1.82) is 0 Å². The van der Waals surface area contributed by atoms with Crippen LogP contribution in [0.1, 0.15) is 16.8 Å². The standard InChI is InChI=1S/C24H29N3O4S2.ClH/c1-29-19-8-9-20(30-2)22-21(19)25-24(33-22)27(11-5-10-26-12-14-31-15-13-26)23(28)17-6-4-7-18(16-17)32-3;/h4,6-9,16H,5,10-15H2,1-3H3;1H. The van der Waals surface area contributed by atoms with Gasteiger partial charge < -0.3 is 14.2 Å². The predicted octanol–water partition coefficient (Wildman–Crippen LogP) is 4.83. The Labute approximate surface area is 214 Å². The lowest BCUT2D eigenvalue weighted by atomic mass is 10.2. The van der Waals surface area contributed by atoms with Gasteiger partial charge in [-0.1, -0.05) is 17.4 Å². The van der Waals surface area contributed by atoms with E-state index in [1.54, 1.807) is 30.9 Å². The third-order valence-corrected chi connectivity index (χ3v) is 7.47. The van der Waals surface area contributed by atoms with Crippen LogP contribution in [0.4, 0.5) is 5.13 Å². The molecule has 2 aromatic carbocycles. The van der Waals surface area contributed by atoms with Gasteiger partial charge in [-0.2, -0.15) is 0 Å². The molecule has 2 heterocycles. The highest BCUT2D eigenvalue weighted by molar-refractivity contribution is 7.98. The van der Waals surface area contributed by atoms with Crippen molar-refractivity contribution in [3.63, 3.8) is 0 Å². The molecular weight excluding hydrogens is 494 g/mol. The van der Waals surface area contributed by atoms with Crippen molar-refractivity contribution in [3.05, 3.63) is 42.0 Å². The molecular formula is C24H30ClN3O4S2. The quantitative estimate of drug-likeness (QED) is 0.372. The van der Waals surface area contributed by atoms with Crippen LogP contribution in [0.3, 0.4) is 0 Å². The molecule has 10 heteroatoms. The van der Waals surface area contributed by atoms with Crippen LogP contribution < -0.4 is 14.4 Å². The van der Waals surface area contributed by atoms with E-state index >= 15 is 0 Å². The van der Waals surface area contributed by atoms with Gasteiger partial charge in [-0.05, 0) is 43.0 Å². The van der Waals surface area contributed by atoms with E-state index < -0.39 is 0 Å². The number of ether oxygens (including phenoxy) is 3. The molecule has 7 nitrogen and oxygen atoms in total. The van der Waals surface area contributed by atoms with E-state index in [-0.39, 0.29) is 18.3 Å². The maximum absolute atomic E-state index is 13.7. The Bertz CT molecular complexity index is 1060. The lowest BCUT2D eigenvalue weighted by Crippen LogP contribution is -2.39. The maximum atomic E-state index is 13.7. The van der Waals surface area contributed by atoms with Gasteiger partial charge in [0.1, 0.15) is 21.7 Å². The summed E-state index contributed by atoms with van der Waals surface area (Å²) in [6, 6.07) is 11.5. The monoisotopic (exact) mass is 523 g/mol. The van der Waals surface area contributed by atoms with Crippen molar-refractivity contribution in [2.24, 2.45) is 0 Å². The van der Waals surface area contributed by atoms with Crippen molar-refractivity contribution in [2.45, 2.75) is 11.3 Å². The third kappa shape index (κ3) is 5.95. The van der Waals surface area contributed by atoms with E-state index in [0.717, 1.165) is 54.6 Å². The number of carbonyl (C=O) groups is 1. The molecule has 0 saturated carbocycles. The number of morpholine rings is 1. The molecule has 0 bridgehead atoms. The Morgan fingerprint density at radius 1 is 1.18 bits per heavy atom. The lowest BCUT2D eigenvalue weighted by molar-refractivity contribution is 0.0376. The molecule has 1 aromatic heterocycles. The highest BCUT2D eigenvalue weighted by Gasteiger charge is 2.24. The second kappa shape index (κ2) is 12.6. The van der Waals surface area contributed by atoms with Gasteiger partial charge in [-0.3, -0.25) is 14.6 Å². The number of methoxy groups -OCH3 is 2. The van der Waals surface area contributed by atoms with E-state index in [1.165, 1.54) is 11.3 Å². The van der Waals surface area contributed by atoms with Gasteiger partial charge in [0.05, 0.1) is 27.4 Å². The summed E-state index contributed by atoms with van der Waals surface area (Å²) in [5.74, 6) is 1.34. The molecule has 1 aliphatic rings. The number of aromatic nitrogens is 1. The molecule has 0 atom stereocenters. The highest BCUT2D eigenvalue weighted by Crippen LogP contribution is 2.40. The molecule has 1 saturated heterocycles. The van der Waals surface area contributed by atoms with Gasteiger partial charge in [-0.25, -0.2) is 4.98 Å². The van der Waals surface area contributed by atoms with Gasteiger partial charge in [-0.15, -0.1) is 24.2 Å². The molecule has 1 amide bonds. The van der Waals surface area contributed by atoms with E-state index in [0.29, 0.717) is 28.5 Å². The van der Waals surface area contributed by atoms with Gasteiger partial charge in [0.2, 0.25) is 0 Å². The smallest absolute Gasteiger partial charge is 0.260 e. The largest absolute Gasteiger partial charge is 0.495 e. The molecule has 184 valence electrons. The van der Waals surface area contributed by atoms with Crippen LogP contribution in [0.5, 0.6) is 11.5 Å². The Morgan fingerprint density at radius 3 is 2.62 bits per heavy atom. The molecule has 1 aliphatic heterocycles. The minimum Gasteiger partial charge on any atom is -0.495 e. The molecule has 0 radical (unpaired) electrons. The van der Waals surface area contributed by atoms with Crippen molar-refractivity contribution >= 4 is 56.8 Å². The zero-order chi connectivity index (χ0) is 23.2. The number of rotatable bonds is 9. The summed E-state index contributed by atoms with van der Waals surface area (Å²) in [6.45, 7) is 4.88. The summed E-state index contributed by atoms with van der Waals surface area (Å²) in [6.07, 6.45) is 2.86. The van der Waals surface area contributed by atoms with Crippen molar-refractivity contribution in [1.82, 2.24) is 9.88 Å². The van der Waals surface area contributed by atoms with Crippen LogP contribution >= 0.6 is 35.5 Å². The van der Waals surface area contributed by atoms with Crippen LogP contribution in [0, 0.1) is 0 Å². The van der Waals surface area contributed by atoms with Gasteiger partial charge in [0.15, 0.2) is 5.13 Å². The first-order chi connectivity index (χ1) is 16.1. The average molecular weight is 524 g/mol. The number of halogens is 1. The number of anilines is 1. The topological polar surface area (TPSA) is 64.1 Å². The second-order valence-electron chi connectivity index (χ2n) is 7.64. The number of hydrogen-bond donors (Lipinski definition) is 0. The Hall–Kier alpha value is -2.04. The average Bonchev–Trinajstić information content (AvgIpc) is 3.31. The zero-order valence-corrected chi connectivity index (χ0v) is 22.1. The zero-order valence-electron chi connectivity index (χ0n) is 19.6. The fourth-order valence-corrected chi connectivity index (χ4v) is 5.42. The summed E-state index contributed by atoms with van der Waals surface area (Å²) in [7, 11) is 3.26. The predicted molar refractivity (Wildman–Crippen MR) is 142 cm³/mol. The Balaban J connectivity index is 0.00000324. The highest BCUT2D eigenvalue weighted by atomic mass is 35.5. The minimum atomic E-state index is -0.0510. The fraction of sp³-hybridized carbons (Fsp3) is 0.417. The van der Waals surface area contributed by atoms with Crippen LogP contribution in [0.15, 0.2) is 41.3 Å². The number of nitrogens with zero attached hydrogens (tertiary/aromatic N) is 3. The van der Waals surface area contributed by atoms with Crippen LogP contribution in [0.2, 0.25) is 0 Å². The first kappa shape index (κ1) is 26.6. The number of carbonyl (C=O) groups excluding carboxylic acids is 1. The summed E-state index contributed by atoms with van der Waals surface area (Å²) in [5, 5.41) is 0.648. The van der Waals surface area contributed by atoms with Crippen molar-refractivity contribution in [3.8, 4) is 11.5 Å². The summed E-state index contributed by atoms with van der Waals surface area (Å²) in [5.41, 5.74) is 1.37. The van der Waals surface area contributed by atoms with E-state index in [4.69, 9.17) is 19.2 Å². The van der Waals surface area contributed by atoms with Crippen molar-refractivity contribution in [2.75, 3.05) is 64.8 Å². The first-order valence-corrected chi connectivity index (χ1v) is 13.0. The van der Waals surface area contributed by atoms with Gasteiger partial charge in [0, 0.05) is 36.6 Å². The van der Waals surface area contributed by atoms with Crippen LogP contribution in [0.25, 0.3) is 10.2 Å². The van der Waals surface area contributed by atoms with Gasteiger partial charge >= 0.3 is 0 Å². The lowest BCUT2D eigenvalue weighted by Gasteiger charge is -2.27. The van der Waals surface area contributed by atoms with E-state index in [1.807, 2.05) is 42.7 Å². The SMILES string of the molecule is COc1ccc(OC)c2sc(N(CCCN3CCOCC3)C(=O)c3cccc(SC)c3)nc12.Cl. The maximum Gasteiger partial charge on any atom is 0.260 e. The molecule has 0 unspecified atom stereocenters. The Morgan fingerprint density at radius 2 is 1.91 bits per heavy atom. The van der Waals surface area contributed by atoms with E-state index in [2.05, 4.69) is 4.90 Å². The van der Waals surface area contributed by atoms with Crippen molar-refractivity contribution < 1.29 is 19.0 Å². The number of fused-ring (bicyclic) bond motifs is 1. The molecule has 1 fully saturated rings. The first-order valence-electron chi connectivity index (χ1n) is 10.9. The van der Waals surface area contributed by atoms with E-state index in [9.17, 15) is 4.79 Å². The third-order valence-electron chi connectivity index (χ3n) is 5.65. The summed E-state index contributed by atoms with van der Waals surface area (Å²) < 4.78 is 17.4. The minimum absolute atomic E-state index is 0. The molecule has 0 N–H and O–H groups in total. The normalized spacial score (nSPS) is 14.0. The number of amides is 1. The van der Waals surface area contributed by atoms with Crippen LogP contribution in [-0.2, 0) is 4.74 Å². The molecule has 3 aromatic rings. The number of thiazole rings is 1. The number of thioether (sulfide) groups is 1. The Kier molecular flexibility index (Phi) is 9.85. The summed E-state index contributed by atoms with van der Waals surface area (Å²) in [4.78, 5) is 23.7.